The van der Waals surface area contributed by atoms with Crippen LogP contribution in [0.1, 0.15) is 19.2 Å². The highest BCUT2D eigenvalue weighted by molar-refractivity contribution is 5.43. The summed E-state index contributed by atoms with van der Waals surface area (Å²) in [5.41, 5.74) is 6.34. The quantitative estimate of drug-likeness (QED) is 0.786. The van der Waals surface area contributed by atoms with E-state index >= 15 is 0 Å². The molecule has 0 aliphatic carbocycles. The van der Waals surface area contributed by atoms with Crippen LogP contribution in [-0.2, 0) is 13.2 Å². The molecule has 0 fully saturated rings. The molecule has 1 heterocycles. The van der Waals surface area contributed by atoms with Gasteiger partial charge in [-0.15, -0.1) is 5.10 Å². The number of hydrogen-bond acceptors (Lipinski definition) is 5. The van der Waals surface area contributed by atoms with Gasteiger partial charge in [0.2, 0.25) is 0 Å². The molecule has 6 nitrogen and oxygen atoms in total. The van der Waals surface area contributed by atoms with Crippen LogP contribution in [0.3, 0.4) is 0 Å². The van der Waals surface area contributed by atoms with Gasteiger partial charge in [-0.3, -0.25) is 0 Å². The number of aromatic nitrogens is 4. The van der Waals surface area contributed by atoms with Gasteiger partial charge in [-0.2, -0.15) is 0 Å². The third-order valence-electron chi connectivity index (χ3n) is 2.27. The molecule has 1 aromatic heterocycles. The zero-order chi connectivity index (χ0) is 12.1. The molecule has 0 aliphatic rings. The van der Waals surface area contributed by atoms with Gasteiger partial charge >= 0.3 is 0 Å². The minimum absolute atomic E-state index is 0.344. The molecular formula is C11H15N5O. The Bertz CT molecular complexity index is 482. The Hall–Kier alpha value is -2.11. The van der Waals surface area contributed by atoms with Crippen LogP contribution in [0, 0.1) is 0 Å². The SMILES string of the molecule is CCCn1nnnc1COc1cccc(N)c1. The first-order chi connectivity index (χ1) is 8.29. The average molecular weight is 233 g/mol. The Kier molecular flexibility index (Phi) is 3.54. The van der Waals surface area contributed by atoms with Crippen molar-refractivity contribution in [1.29, 1.82) is 0 Å². The van der Waals surface area contributed by atoms with Crippen LogP contribution in [0.5, 0.6) is 5.75 Å². The van der Waals surface area contributed by atoms with Gasteiger partial charge in [0.15, 0.2) is 5.82 Å². The topological polar surface area (TPSA) is 78.8 Å². The molecule has 0 saturated carbocycles. The second-order valence-corrected chi connectivity index (χ2v) is 3.68. The molecule has 0 saturated heterocycles. The fourth-order valence-electron chi connectivity index (χ4n) is 1.46. The third kappa shape index (κ3) is 2.93. The van der Waals surface area contributed by atoms with Crippen LogP contribution < -0.4 is 10.5 Å². The van der Waals surface area contributed by atoms with Gasteiger partial charge in [0, 0.05) is 18.3 Å². The number of hydrogen-bond donors (Lipinski definition) is 1. The second-order valence-electron chi connectivity index (χ2n) is 3.68. The van der Waals surface area contributed by atoms with Gasteiger partial charge in [0.1, 0.15) is 12.4 Å². The molecule has 2 aromatic rings. The number of nitrogens with two attached hydrogens (primary N) is 1. The van der Waals surface area contributed by atoms with E-state index in [-0.39, 0.29) is 0 Å². The average Bonchev–Trinajstić information content (AvgIpc) is 2.75. The van der Waals surface area contributed by atoms with E-state index in [1.165, 1.54) is 0 Å². The van der Waals surface area contributed by atoms with Crippen LogP contribution in [0.25, 0.3) is 0 Å². The lowest BCUT2D eigenvalue weighted by molar-refractivity contribution is 0.286. The normalized spacial score (nSPS) is 10.4. The standard InChI is InChI=1S/C11H15N5O/c1-2-6-16-11(13-14-15-16)8-17-10-5-3-4-9(12)7-10/h3-5,7H,2,6,8,12H2,1H3. The van der Waals surface area contributed by atoms with Gasteiger partial charge in [-0.25, -0.2) is 4.68 Å². The molecule has 1 aromatic carbocycles. The van der Waals surface area contributed by atoms with Crippen molar-refractivity contribution in [3.63, 3.8) is 0 Å². The van der Waals surface area contributed by atoms with Crippen molar-refractivity contribution >= 4 is 5.69 Å². The minimum Gasteiger partial charge on any atom is -0.485 e. The summed E-state index contributed by atoms with van der Waals surface area (Å²) >= 11 is 0. The third-order valence-corrected chi connectivity index (χ3v) is 2.27. The van der Waals surface area contributed by atoms with Crippen LogP contribution in [0.4, 0.5) is 5.69 Å². The van der Waals surface area contributed by atoms with E-state index in [2.05, 4.69) is 22.4 Å². The predicted octanol–water partition coefficient (Wildman–Crippen LogP) is 1.24. The van der Waals surface area contributed by atoms with Crippen molar-refractivity contribution in [2.45, 2.75) is 26.5 Å². The first kappa shape index (κ1) is 11.4. The molecule has 0 amide bonds. The number of tetrazole rings is 1. The van der Waals surface area contributed by atoms with Crippen molar-refractivity contribution < 1.29 is 4.74 Å². The molecule has 2 rings (SSSR count). The number of benzene rings is 1. The van der Waals surface area contributed by atoms with Gasteiger partial charge in [0.05, 0.1) is 0 Å². The highest BCUT2D eigenvalue weighted by Gasteiger charge is 2.05. The fourth-order valence-corrected chi connectivity index (χ4v) is 1.46. The molecule has 0 radical (unpaired) electrons. The van der Waals surface area contributed by atoms with Crippen LogP contribution in [0.15, 0.2) is 24.3 Å². The maximum atomic E-state index is 5.66. The van der Waals surface area contributed by atoms with Crippen molar-refractivity contribution in [2.24, 2.45) is 0 Å². The Labute approximate surface area is 99.4 Å². The number of nitrogens with zero attached hydrogens (tertiary/aromatic N) is 4. The van der Waals surface area contributed by atoms with Crippen molar-refractivity contribution in [1.82, 2.24) is 20.2 Å². The fraction of sp³-hybridized carbons (Fsp3) is 0.364. The number of rotatable bonds is 5. The van der Waals surface area contributed by atoms with E-state index in [9.17, 15) is 0 Å². The summed E-state index contributed by atoms with van der Waals surface area (Å²) in [6.45, 7) is 3.21. The van der Waals surface area contributed by atoms with Crippen molar-refractivity contribution in [3.05, 3.63) is 30.1 Å². The van der Waals surface area contributed by atoms with Crippen molar-refractivity contribution in [3.8, 4) is 5.75 Å². The summed E-state index contributed by atoms with van der Waals surface area (Å²) in [5, 5.41) is 11.4. The maximum absolute atomic E-state index is 5.66. The monoisotopic (exact) mass is 233 g/mol. The van der Waals surface area contributed by atoms with E-state index in [4.69, 9.17) is 10.5 Å². The van der Waals surface area contributed by atoms with E-state index < -0.39 is 0 Å². The van der Waals surface area contributed by atoms with E-state index in [0.29, 0.717) is 18.1 Å². The van der Waals surface area contributed by atoms with Gasteiger partial charge in [-0.05, 0) is 29.0 Å². The Morgan fingerprint density at radius 3 is 3.06 bits per heavy atom. The van der Waals surface area contributed by atoms with Gasteiger partial charge < -0.3 is 10.5 Å². The molecule has 0 spiro atoms. The highest BCUT2D eigenvalue weighted by atomic mass is 16.5. The largest absolute Gasteiger partial charge is 0.485 e. The summed E-state index contributed by atoms with van der Waals surface area (Å²) in [6.07, 6.45) is 0.982. The molecular weight excluding hydrogens is 218 g/mol. The summed E-state index contributed by atoms with van der Waals surface area (Å²) in [5.74, 6) is 1.44. The Morgan fingerprint density at radius 1 is 1.41 bits per heavy atom. The first-order valence-electron chi connectivity index (χ1n) is 5.53. The Morgan fingerprint density at radius 2 is 2.29 bits per heavy atom. The highest BCUT2D eigenvalue weighted by Crippen LogP contribution is 2.15. The number of aryl methyl sites for hydroxylation is 1. The number of nitrogen functional groups attached to an aromatic ring is 1. The lowest BCUT2D eigenvalue weighted by Crippen LogP contribution is -2.08. The van der Waals surface area contributed by atoms with Gasteiger partial charge in [-0.1, -0.05) is 13.0 Å². The maximum Gasteiger partial charge on any atom is 0.189 e. The van der Waals surface area contributed by atoms with E-state index in [1.54, 1.807) is 10.7 Å². The molecule has 0 aliphatic heterocycles. The summed E-state index contributed by atoms with van der Waals surface area (Å²) in [6, 6.07) is 7.28. The summed E-state index contributed by atoms with van der Waals surface area (Å²) in [4.78, 5) is 0. The molecule has 90 valence electrons. The van der Waals surface area contributed by atoms with Crippen LogP contribution in [-0.4, -0.2) is 20.2 Å². The molecule has 6 heteroatoms. The van der Waals surface area contributed by atoms with E-state index in [1.807, 2.05) is 18.2 Å². The minimum atomic E-state index is 0.344. The molecule has 2 N–H and O–H groups in total. The zero-order valence-corrected chi connectivity index (χ0v) is 9.71. The molecule has 0 unspecified atom stereocenters. The Balaban J connectivity index is 1.99. The zero-order valence-electron chi connectivity index (χ0n) is 9.71. The molecule has 0 atom stereocenters. The van der Waals surface area contributed by atoms with Gasteiger partial charge in [0.25, 0.3) is 0 Å². The van der Waals surface area contributed by atoms with Crippen LogP contribution in [0.2, 0.25) is 0 Å². The van der Waals surface area contributed by atoms with Crippen LogP contribution >= 0.6 is 0 Å². The lowest BCUT2D eigenvalue weighted by atomic mass is 10.3. The lowest BCUT2D eigenvalue weighted by Gasteiger charge is -2.06. The summed E-state index contributed by atoms with van der Waals surface area (Å²) < 4.78 is 7.32. The molecule has 0 bridgehead atoms. The second kappa shape index (κ2) is 5.29. The number of anilines is 1. The smallest absolute Gasteiger partial charge is 0.189 e. The van der Waals surface area contributed by atoms with E-state index in [0.717, 1.165) is 18.7 Å². The summed E-state index contributed by atoms with van der Waals surface area (Å²) in [7, 11) is 0. The predicted molar refractivity (Wildman–Crippen MR) is 63.3 cm³/mol. The molecule has 17 heavy (non-hydrogen) atoms. The van der Waals surface area contributed by atoms with Crippen molar-refractivity contribution in [2.75, 3.05) is 5.73 Å². The first-order valence-corrected chi connectivity index (χ1v) is 5.53. The number of ether oxygens (including phenoxy) is 1.